The molecule has 0 aliphatic carbocycles. The first kappa shape index (κ1) is 44.4. The normalized spacial score (nSPS) is 14.1. The van der Waals surface area contributed by atoms with Crippen LogP contribution in [0, 0.1) is 6.92 Å². The number of unbranched alkanes of at least 4 members (excludes halogenated alkanes) is 1. The molecule has 0 spiro atoms. The van der Waals surface area contributed by atoms with Crippen molar-refractivity contribution in [2.45, 2.75) is 38.6 Å². The zero-order chi connectivity index (χ0) is 36.9. The third-order valence-electron chi connectivity index (χ3n) is 8.50. The molecule has 0 radical (unpaired) electrons. The summed E-state index contributed by atoms with van der Waals surface area (Å²) in [5, 5.41) is 0. The number of methoxy groups -OCH3 is 1. The molecule has 1 saturated heterocycles. The predicted octanol–water partition coefficient (Wildman–Crippen LogP) is 3.18. The fourth-order valence-corrected chi connectivity index (χ4v) is 5.74. The van der Waals surface area contributed by atoms with Gasteiger partial charge in [-0.3, -0.25) is 9.69 Å². The molecule has 0 unspecified atom stereocenters. The van der Waals surface area contributed by atoms with Crippen LogP contribution in [0.2, 0.25) is 0 Å². The van der Waals surface area contributed by atoms with Gasteiger partial charge in [-0.25, -0.2) is 4.98 Å². The number of nitrogens with zero attached hydrogens (tertiary/aromatic N) is 4. The van der Waals surface area contributed by atoms with Gasteiger partial charge in [0.15, 0.2) is 0 Å². The summed E-state index contributed by atoms with van der Waals surface area (Å²) in [6.45, 7) is 17.4. The molecule has 1 aromatic carbocycles. The van der Waals surface area contributed by atoms with E-state index in [1.54, 1.807) is 0 Å². The number of hydrogen-bond donors (Lipinski definition) is 0. The number of imidazole rings is 1. The van der Waals surface area contributed by atoms with E-state index >= 15 is 0 Å². The molecule has 0 bridgehead atoms. The van der Waals surface area contributed by atoms with E-state index in [-0.39, 0.29) is 5.97 Å². The Morgan fingerprint density at radius 2 is 1.10 bits per heavy atom. The van der Waals surface area contributed by atoms with Crippen LogP contribution in [-0.2, 0) is 59.9 Å². The fourth-order valence-electron chi connectivity index (χ4n) is 5.54. The molecule has 14 nitrogen and oxygen atoms in total. The Hall–Kier alpha value is -1.95. The van der Waals surface area contributed by atoms with Crippen molar-refractivity contribution in [1.82, 2.24) is 19.4 Å². The molecule has 1 aliphatic rings. The van der Waals surface area contributed by atoms with Gasteiger partial charge in [0.05, 0.1) is 130 Å². The van der Waals surface area contributed by atoms with E-state index in [1.807, 2.05) is 0 Å². The van der Waals surface area contributed by atoms with Crippen LogP contribution in [0.4, 0.5) is 0 Å². The van der Waals surface area contributed by atoms with Crippen LogP contribution in [0.1, 0.15) is 30.7 Å². The van der Waals surface area contributed by atoms with E-state index in [2.05, 4.69) is 44.5 Å². The van der Waals surface area contributed by atoms with E-state index in [4.69, 9.17) is 54.2 Å². The van der Waals surface area contributed by atoms with Crippen molar-refractivity contribution in [3.63, 3.8) is 0 Å². The third kappa shape index (κ3) is 19.9. The molecule has 0 N–H and O–H groups in total. The molecular weight excluding hydrogens is 696 g/mol. The highest BCUT2D eigenvalue weighted by molar-refractivity contribution is 6.16. The van der Waals surface area contributed by atoms with Crippen molar-refractivity contribution in [3.8, 4) is 0 Å². The minimum atomic E-state index is -0.150. The standard InChI is InChI=1S/C37H63ClN4O10/c1-33-5-6-35-34(31-33)39-36(32-38)42(35)8-3-4-15-45-17-19-47-21-23-49-25-27-51-29-30-52-28-26-50-24-22-48-20-18-46-16-14-41-12-10-40(11-13-41)9-7-37(43)44-2/h5-6,31H,3-4,7-30,32H2,1-2H3. The lowest BCUT2D eigenvalue weighted by molar-refractivity contribution is -0.141. The van der Waals surface area contributed by atoms with Crippen molar-refractivity contribution < 1.29 is 47.4 Å². The number of halogens is 1. The number of esters is 1. The highest BCUT2D eigenvalue weighted by Crippen LogP contribution is 2.20. The Labute approximate surface area is 315 Å². The number of carbonyl (C=O) groups is 1. The molecule has 2 aromatic rings. The number of aromatic nitrogens is 2. The summed E-state index contributed by atoms with van der Waals surface area (Å²) < 4.78 is 51.6. The summed E-state index contributed by atoms with van der Waals surface area (Å²) in [4.78, 5) is 20.6. The van der Waals surface area contributed by atoms with Gasteiger partial charge in [0.2, 0.25) is 0 Å². The molecule has 3 rings (SSSR count). The Balaban J connectivity index is 0.952. The maximum Gasteiger partial charge on any atom is 0.306 e. The summed E-state index contributed by atoms with van der Waals surface area (Å²) in [5.74, 6) is 1.17. The average molecular weight is 759 g/mol. The Kier molecular flexibility index (Phi) is 25.1. The van der Waals surface area contributed by atoms with E-state index in [0.29, 0.717) is 118 Å². The Morgan fingerprint density at radius 3 is 1.58 bits per heavy atom. The van der Waals surface area contributed by atoms with Crippen LogP contribution >= 0.6 is 11.6 Å². The van der Waals surface area contributed by atoms with Crippen LogP contribution < -0.4 is 0 Å². The molecule has 1 aliphatic heterocycles. The molecule has 0 atom stereocenters. The second kappa shape index (κ2) is 29.4. The van der Waals surface area contributed by atoms with E-state index in [1.165, 1.54) is 12.7 Å². The summed E-state index contributed by atoms with van der Waals surface area (Å²) in [6.07, 6.45) is 2.42. The molecule has 52 heavy (non-hydrogen) atoms. The zero-order valence-electron chi connectivity index (χ0n) is 31.6. The number of benzene rings is 1. The highest BCUT2D eigenvalue weighted by Gasteiger charge is 2.17. The molecule has 0 saturated carbocycles. The molecule has 1 aromatic heterocycles. The van der Waals surface area contributed by atoms with Gasteiger partial charge in [-0.05, 0) is 37.5 Å². The molecular formula is C37H63ClN4O10. The predicted molar refractivity (Wildman–Crippen MR) is 199 cm³/mol. The van der Waals surface area contributed by atoms with Gasteiger partial charge in [0.25, 0.3) is 0 Å². The number of aryl methyl sites for hydroxylation is 2. The van der Waals surface area contributed by atoms with Crippen molar-refractivity contribution in [2.24, 2.45) is 0 Å². The maximum atomic E-state index is 11.3. The highest BCUT2D eigenvalue weighted by atomic mass is 35.5. The Morgan fingerprint density at radius 1 is 0.635 bits per heavy atom. The summed E-state index contributed by atoms with van der Waals surface area (Å²) in [5.41, 5.74) is 3.34. The molecule has 0 amide bonds. The van der Waals surface area contributed by atoms with Crippen LogP contribution in [0.15, 0.2) is 18.2 Å². The minimum absolute atomic E-state index is 0.150. The first-order valence-corrected chi connectivity index (χ1v) is 19.3. The quantitative estimate of drug-likeness (QED) is 0.0602. The fraction of sp³-hybridized carbons (Fsp3) is 0.784. The van der Waals surface area contributed by atoms with Gasteiger partial charge in [-0.2, -0.15) is 0 Å². The number of hydrogen-bond acceptors (Lipinski definition) is 13. The van der Waals surface area contributed by atoms with Crippen LogP contribution in [-0.4, -0.2) is 177 Å². The topological polar surface area (TPSA) is 124 Å². The lowest BCUT2D eigenvalue weighted by Gasteiger charge is -2.34. The first-order valence-electron chi connectivity index (χ1n) is 18.8. The van der Waals surface area contributed by atoms with Gasteiger partial charge < -0.3 is 52.1 Å². The largest absolute Gasteiger partial charge is 0.469 e. The van der Waals surface area contributed by atoms with Crippen molar-refractivity contribution in [1.29, 1.82) is 0 Å². The SMILES string of the molecule is COC(=O)CCN1CCN(CCOCCOCCOCCOCCOCCOCCOCCOCCCCn2c(CCl)nc3cc(C)ccc32)CC1. The van der Waals surface area contributed by atoms with E-state index in [9.17, 15) is 4.79 Å². The Bertz CT molecular complexity index is 1180. The maximum absolute atomic E-state index is 11.3. The number of piperazine rings is 1. The summed E-state index contributed by atoms with van der Waals surface area (Å²) in [6, 6.07) is 6.34. The molecule has 298 valence electrons. The minimum Gasteiger partial charge on any atom is -0.469 e. The van der Waals surface area contributed by atoms with E-state index in [0.717, 1.165) is 75.5 Å². The number of rotatable bonds is 33. The van der Waals surface area contributed by atoms with Gasteiger partial charge in [0, 0.05) is 52.4 Å². The van der Waals surface area contributed by atoms with Gasteiger partial charge in [0.1, 0.15) is 5.82 Å². The van der Waals surface area contributed by atoms with Crippen LogP contribution in [0.5, 0.6) is 0 Å². The number of alkyl halides is 1. The van der Waals surface area contributed by atoms with Crippen molar-refractivity contribution in [3.05, 3.63) is 29.6 Å². The van der Waals surface area contributed by atoms with Gasteiger partial charge in [-0.1, -0.05) is 6.07 Å². The zero-order valence-corrected chi connectivity index (χ0v) is 32.3. The second-order valence-electron chi connectivity index (χ2n) is 12.4. The molecule has 15 heteroatoms. The summed E-state index contributed by atoms with van der Waals surface area (Å²) in [7, 11) is 1.43. The first-order chi connectivity index (χ1) is 25.6. The van der Waals surface area contributed by atoms with Crippen molar-refractivity contribution in [2.75, 3.05) is 152 Å². The lowest BCUT2D eigenvalue weighted by Crippen LogP contribution is -2.47. The number of carbonyl (C=O) groups excluding carboxylic acids is 1. The second-order valence-corrected chi connectivity index (χ2v) is 12.7. The van der Waals surface area contributed by atoms with E-state index < -0.39 is 0 Å². The molecule has 1 fully saturated rings. The van der Waals surface area contributed by atoms with Gasteiger partial charge in [-0.15, -0.1) is 11.6 Å². The monoisotopic (exact) mass is 758 g/mol. The summed E-state index contributed by atoms with van der Waals surface area (Å²) >= 11 is 6.12. The van der Waals surface area contributed by atoms with Crippen LogP contribution in [0.3, 0.4) is 0 Å². The average Bonchev–Trinajstić information content (AvgIpc) is 3.51. The third-order valence-corrected chi connectivity index (χ3v) is 8.74. The lowest BCUT2D eigenvalue weighted by atomic mass is 10.2. The van der Waals surface area contributed by atoms with Crippen molar-refractivity contribution >= 4 is 28.6 Å². The smallest absolute Gasteiger partial charge is 0.306 e. The number of ether oxygens (including phenoxy) is 9. The van der Waals surface area contributed by atoms with Gasteiger partial charge >= 0.3 is 5.97 Å². The van der Waals surface area contributed by atoms with Crippen LogP contribution in [0.25, 0.3) is 11.0 Å². The molecule has 2 heterocycles. The number of fused-ring (bicyclic) bond motifs is 1.